The van der Waals surface area contributed by atoms with Gasteiger partial charge >= 0.3 is 12.1 Å². The number of carbonyl (C=O) groups is 4. The molecule has 0 radical (unpaired) electrons. The Kier molecular flexibility index (Phi) is 8.49. The summed E-state index contributed by atoms with van der Waals surface area (Å²) in [6, 6.07) is -1.04. The van der Waals surface area contributed by atoms with Crippen molar-refractivity contribution >= 4 is 24.0 Å². The molecule has 218 valence electrons. The molecule has 0 aromatic rings. The molecular weight excluding hydrogens is 488 g/mol. The highest BCUT2D eigenvalue weighted by atomic mass is 16.4. The number of amides is 4. The summed E-state index contributed by atoms with van der Waals surface area (Å²) in [5.41, 5.74) is -5.99. The van der Waals surface area contributed by atoms with Gasteiger partial charge in [0.15, 0.2) is 5.97 Å². The summed E-state index contributed by atoms with van der Waals surface area (Å²) in [6.45, 7) is 15.1. The lowest BCUT2D eigenvalue weighted by Crippen LogP contribution is -3.00. The Balaban J connectivity index is 3.39. The number of rotatable bonds is 7. The number of aliphatic carboxylic acids is 2. The average Bonchev–Trinajstić information content (AvgIpc) is 2.75. The molecule has 10 heteroatoms. The van der Waals surface area contributed by atoms with Crippen LogP contribution in [0.1, 0.15) is 113 Å². The Bertz CT molecular complexity index is 878. The maximum Gasteiger partial charge on any atom is 0.422 e. The van der Waals surface area contributed by atoms with E-state index in [9.17, 15) is 29.4 Å². The summed E-state index contributed by atoms with van der Waals surface area (Å²) in [5, 5.41) is 31.4. The molecule has 0 unspecified atom stereocenters. The van der Waals surface area contributed by atoms with Gasteiger partial charge in [0.05, 0.1) is 6.42 Å². The first-order valence-corrected chi connectivity index (χ1v) is 13.9. The molecule has 2 aliphatic rings. The third-order valence-corrected chi connectivity index (χ3v) is 10.2. The van der Waals surface area contributed by atoms with Crippen LogP contribution in [0, 0.1) is 0 Å². The molecule has 2 N–H and O–H groups in total. The van der Waals surface area contributed by atoms with E-state index >= 15 is 0 Å². The van der Waals surface area contributed by atoms with Gasteiger partial charge in [-0.3, -0.25) is 0 Å². The number of likely N-dealkylation sites (tertiary alicyclic amines) is 2. The lowest BCUT2D eigenvalue weighted by Gasteiger charge is -2.74. The normalized spacial score (nSPS) is 24.6. The number of urea groups is 2. The quantitative estimate of drug-likeness (QED) is 0.476. The van der Waals surface area contributed by atoms with Gasteiger partial charge in [-0.2, -0.15) is 8.97 Å². The Labute approximate surface area is 228 Å². The first kappa shape index (κ1) is 32.0. The van der Waals surface area contributed by atoms with Crippen molar-refractivity contribution < 1.29 is 38.4 Å². The number of carbonyl (C=O) groups excluding carboxylic acids is 4. The third kappa shape index (κ3) is 3.88. The van der Waals surface area contributed by atoms with Crippen molar-refractivity contribution in [2.75, 3.05) is 14.1 Å². The Morgan fingerprint density at radius 1 is 0.684 bits per heavy atom. The minimum absolute atomic E-state index is 0.0946. The van der Waals surface area contributed by atoms with Gasteiger partial charge in [0.25, 0.3) is 5.66 Å². The number of nitrogens with one attached hydrogen (secondary N) is 2. The number of carboxylic acid groups (broad SMARTS) is 2. The first-order valence-electron chi connectivity index (χ1n) is 13.9. The monoisotopic (exact) mass is 538 g/mol. The Morgan fingerprint density at radius 3 is 1.24 bits per heavy atom. The SMILES string of the molecule is CNC(=O)[N+]1(C(CCCC(=O)[O-])(C(=O)[O-])[N+]2(C(=O)NC)C(C)(C)CCCC2(C)C)C(C)(C)CCCC1(C)C. The van der Waals surface area contributed by atoms with Gasteiger partial charge in [0.1, 0.15) is 22.2 Å². The summed E-state index contributed by atoms with van der Waals surface area (Å²) < 4.78 is -1.20. The lowest BCUT2D eigenvalue weighted by molar-refractivity contribution is -1.17. The molecule has 0 saturated carbocycles. The Hall–Kier alpha value is -2.20. The molecule has 0 bridgehead atoms. The van der Waals surface area contributed by atoms with Gasteiger partial charge in [-0.15, -0.1) is 0 Å². The van der Waals surface area contributed by atoms with E-state index < -0.39 is 67.2 Å². The smallest absolute Gasteiger partial charge is 0.422 e. The summed E-state index contributed by atoms with van der Waals surface area (Å²) in [5.74, 6) is -2.83. The maximum atomic E-state index is 14.6. The minimum atomic E-state index is -2.18. The van der Waals surface area contributed by atoms with Crippen molar-refractivity contribution in [3.8, 4) is 0 Å². The van der Waals surface area contributed by atoms with Crippen LogP contribution in [0.15, 0.2) is 0 Å². The van der Waals surface area contributed by atoms with E-state index in [-0.39, 0.29) is 12.8 Å². The van der Waals surface area contributed by atoms with E-state index in [2.05, 4.69) is 10.6 Å². The molecular formula is C28H50N4O6. The molecule has 0 aromatic carbocycles. The molecule has 10 nitrogen and oxygen atoms in total. The summed E-state index contributed by atoms with van der Waals surface area (Å²) in [4.78, 5) is 55.0. The fourth-order valence-electron chi connectivity index (χ4n) is 9.41. The topological polar surface area (TPSA) is 138 Å². The fourth-order valence-corrected chi connectivity index (χ4v) is 9.41. The zero-order valence-corrected chi connectivity index (χ0v) is 25.2. The van der Waals surface area contributed by atoms with Crippen molar-refractivity contribution in [1.29, 1.82) is 0 Å². The minimum Gasteiger partial charge on any atom is -0.550 e. The van der Waals surface area contributed by atoms with Gasteiger partial charge in [-0.05, 0) is 81.1 Å². The molecule has 38 heavy (non-hydrogen) atoms. The molecule has 0 aromatic heterocycles. The summed E-state index contributed by atoms with van der Waals surface area (Å²) in [6.07, 6.45) is 2.92. The molecule has 4 amide bonds. The number of carboxylic acids is 2. The van der Waals surface area contributed by atoms with Gasteiger partial charge in [-0.25, -0.2) is 9.59 Å². The zero-order chi connectivity index (χ0) is 29.6. The highest BCUT2D eigenvalue weighted by Gasteiger charge is 2.85. The van der Waals surface area contributed by atoms with E-state index in [0.29, 0.717) is 25.7 Å². The van der Waals surface area contributed by atoms with Crippen LogP contribution in [0.4, 0.5) is 9.59 Å². The molecule has 2 rings (SSSR count). The van der Waals surface area contributed by atoms with Crippen LogP contribution < -0.4 is 20.8 Å². The number of hydrogen-bond acceptors (Lipinski definition) is 6. The van der Waals surface area contributed by atoms with Crippen LogP contribution in [0.25, 0.3) is 0 Å². The molecule has 0 atom stereocenters. The molecule has 2 heterocycles. The van der Waals surface area contributed by atoms with Crippen LogP contribution in [-0.2, 0) is 9.59 Å². The maximum absolute atomic E-state index is 14.6. The second-order valence-corrected chi connectivity index (χ2v) is 13.7. The number of piperidine rings is 2. The second kappa shape index (κ2) is 10.1. The summed E-state index contributed by atoms with van der Waals surface area (Å²) >= 11 is 0. The largest absolute Gasteiger partial charge is 0.550 e. The predicted octanol–water partition coefficient (Wildman–Crippen LogP) is 2.15. The van der Waals surface area contributed by atoms with E-state index in [4.69, 9.17) is 0 Å². The highest BCUT2D eigenvalue weighted by Crippen LogP contribution is 2.62. The van der Waals surface area contributed by atoms with E-state index in [1.807, 2.05) is 55.4 Å². The lowest BCUT2D eigenvalue weighted by atomic mass is 9.65. The van der Waals surface area contributed by atoms with Crippen molar-refractivity contribution in [2.45, 2.75) is 141 Å². The Morgan fingerprint density at radius 2 is 1.00 bits per heavy atom. The van der Waals surface area contributed by atoms with Crippen LogP contribution in [-0.4, -0.2) is 74.9 Å². The van der Waals surface area contributed by atoms with Crippen LogP contribution >= 0.6 is 0 Å². The van der Waals surface area contributed by atoms with Crippen LogP contribution in [0.2, 0.25) is 0 Å². The second-order valence-electron chi connectivity index (χ2n) is 13.7. The van der Waals surface area contributed by atoms with Gasteiger partial charge in [0.2, 0.25) is 0 Å². The number of quaternary nitrogens is 2. The zero-order valence-electron chi connectivity index (χ0n) is 25.2. The molecule has 2 fully saturated rings. The number of hydrogen-bond donors (Lipinski definition) is 2. The van der Waals surface area contributed by atoms with Gasteiger partial charge < -0.3 is 30.4 Å². The standard InChI is InChI=1S/C28H50N4O6/c1-24(2)15-12-16-25(3,4)31(24,22(37)29-9)28(21(35)36,19-11-14-20(33)34)32(23(38)30-10)26(5,6)17-13-18-27(32,7)8/h11-19H2,1-10H3,(H2-2,29,30,33,34,35,36,37,38). The average molecular weight is 539 g/mol. The fraction of sp³-hybridized carbons (Fsp3) is 0.857. The highest BCUT2D eigenvalue weighted by molar-refractivity contribution is 5.82. The number of nitrogens with zero attached hydrogens (tertiary/aromatic N) is 2. The van der Waals surface area contributed by atoms with Crippen LogP contribution in [0.3, 0.4) is 0 Å². The van der Waals surface area contributed by atoms with E-state index in [0.717, 1.165) is 12.8 Å². The molecule has 0 aliphatic carbocycles. The van der Waals surface area contributed by atoms with E-state index in [1.165, 1.54) is 14.1 Å². The van der Waals surface area contributed by atoms with Crippen molar-refractivity contribution in [3.05, 3.63) is 0 Å². The first-order chi connectivity index (χ1) is 17.2. The third-order valence-electron chi connectivity index (χ3n) is 10.2. The van der Waals surface area contributed by atoms with Crippen molar-refractivity contribution in [3.63, 3.8) is 0 Å². The van der Waals surface area contributed by atoms with Crippen molar-refractivity contribution in [1.82, 2.24) is 10.6 Å². The van der Waals surface area contributed by atoms with Crippen LogP contribution in [0.5, 0.6) is 0 Å². The summed E-state index contributed by atoms with van der Waals surface area (Å²) in [7, 11) is 2.97. The molecule has 0 spiro atoms. The van der Waals surface area contributed by atoms with E-state index in [1.54, 1.807) is 0 Å². The molecule has 2 saturated heterocycles. The predicted molar refractivity (Wildman–Crippen MR) is 140 cm³/mol. The van der Waals surface area contributed by atoms with Gasteiger partial charge in [-0.1, -0.05) is 0 Å². The van der Waals surface area contributed by atoms with Gasteiger partial charge in [0, 0.05) is 45.7 Å². The van der Waals surface area contributed by atoms with Crippen molar-refractivity contribution in [2.24, 2.45) is 0 Å². The molecule has 2 aliphatic heterocycles.